The van der Waals surface area contributed by atoms with E-state index in [1.54, 1.807) is 48.5 Å². The highest BCUT2D eigenvalue weighted by Crippen LogP contribution is 2.10. The van der Waals surface area contributed by atoms with Gasteiger partial charge in [-0.1, -0.05) is 30.0 Å². The average Bonchev–Trinajstić information content (AvgIpc) is 2.90. The first kappa shape index (κ1) is 25.0. The summed E-state index contributed by atoms with van der Waals surface area (Å²) in [5, 5.41) is 17.0. The van der Waals surface area contributed by atoms with Crippen LogP contribution in [0.1, 0.15) is 21.5 Å². The van der Waals surface area contributed by atoms with Crippen LogP contribution in [-0.2, 0) is 9.59 Å². The molecule has 35 heavy (non-hydrogen) atoms. The summed E-state index contributed by atoms with van der Waals surface area (Å²) in [5.74, 6) is 4.58. The Hall–Kier alpha value is -4.65. The van der Waals surface area contributed by atoms with Gasteiger partial charge in [0.1, 0.15) is 6.04 Å². The van der Waals surface area contributed by atoms with E-state index < -0.39 is 17.9 Å². The molecule has 3 aromatic carbocycles. The largest absolute Gasteiger partial charge is 0.376 e. The van der Waals surface area contributed by atoms with Crippen LogP contribution in [0, 0.1) is 11.8 Å². The fourth-order valence-corrected chi connectivity index (χ4v) is 2.98. The molecule has 0 aromatic heterocycles. The van der Waals surface area contributed by atoms with E-state index in [4.69, 9.17) is 10.9 Å². The van der Waals surface area contributed by atoms with E-state index in [-0.39, 0.29) is 19.0 Å². The SMILES string of the molecule is NC[C@H](NC(=O)c1ccc(C#Cc2ccc(NC(=O)CNc3ccccc3)cc2)cc1)C(=O)NO. The van der Waals surface area contributed by atoms with Crippen molar-refractivity contribution in [1.82, 2.24) is 10.8 Å². The van der Waals surface area contributed by atoms with Crippen molar-refractivity contribution < 1.29 is 19.6 Å². The first-order valence-corrected chi connectivity index (χ1v) is 10.7. The molecule has 3 amide bonds. The van der Waals surface area contributed by atoms with Crippen molar-refractivity contribution in [2.75, 3.05) is 23.7 Å². The Bertz CT molecular complexity index is 1220. The quantitative estimate of drug-likeness (QED) is 0.168. The molecular formula is C26H25N5O4. The van der Waals surface area contributed by atoms with Crippen molar-refractivity contribution in [3.8, 4) is 11.8 Å². The Morgan fingerprint density at radius 1 is 0.829 bits per heavy atom. The second-order valence-electron chi connectivity index (χ2n) is 7.41. The lowest BCUT2D eigenvalue weighted by Gasteiger charge is -2.14. The van der Waals surface area contributed by atoms with Gasteiger partial charge in [-0.15, -0.1) is 0 Å². The predicted molar refractivity (Wildman–Crippen MR) is 133 cm³/mol. The van der Waals surface area contributed by atoms with Gasteiger partial charge in [0.05, 0.1) is 6.54 Å². The Labute approximate surface area is 202 Å². The molecule has 0 fully saturated rings. The van der Waals surface area contributed by atoms with Crippen molar-refractivity contribution in [3.05, 3.63) is 95.6 Å². The predicted octanol–water partition coefficient (Wildman–Crippen LogP) is 1.70. The zero-order valence-electron chi connectivity index (χ0n) is 18.7. The van der Waals surface area contributed by atoms with Crippen LogP contribution in [0.15, 0.2) is 78.9 Å². The molecule has 0 saturated heterocycles. The summed E-state index contributed by atoms with van der Waals surface area (Å²) in [5.41, 5.74) is 10.2. The van der Waals surface area contributed by atoms with Crippen LogP contribution in [0.4, 0.5) is 11.4 Å². The fraction of sp³-hybridized carbons (Fsp3) is 0.115. The summed E-state index contributed by atoms with van der Waals surface area (Å²) in [6, 6.07) is 22.1. The van der Waals surface area contributed by atoms with Gasteiger partial charge in [0.25, 0.3) is 11.8 Å². The maximum atomic E-state index is 12.2. The lowest BCUT2D eigenvalue weighted by Crippen LogP contribution is -2.50. The molecule has 1 atom stereocenters. The number of hydrogen-bond acceptors (Lipinski definition) is 6. The van der Waals surface area contributed by atoms with Gasteiger partial charge in [-0.05, 0) is 60.7 Å². The molecular weight excluding hydrogens is 446 g/mol. The molecule has 0 heterocycles. The number of benzene rings is 3. The van der Waals surface area contributed by atoms with Gasteiger partial charge in [0.15, 0.2) is 0 Å². The fourth-order valence-electron chi connectivity index (χ4n) is 2.98. The number of hydroxylamine groups is 1. The van der Waals surface area contributed by atoms with Crippen molar-refractivity contribution >= 4 is 29.1 Å². The van der Waals surface area contributed by atoms with Crippen LogP contribution in [0.25, 0.3) is 0 Å². The number of anilines is 2. The van der Waals surface area contributed by atoms with Crippen molar-refractivity contribution in [1.29, 1.82) is 0 Å². The number of hydrogen-bond donors (Lipinski definition) is 6. The van der Waals surface area contributed by atoms with Gasteiger partial charge in [0.2, 0.25) is 5.91 Å². The lowest BCUT2D eigenvalue weighted by atomic mass is 10.1. The van der Waals surface area contributed by atoms with Gasteiger partial charge in [-0.2, -0.15) is 0 Å². The van der Waals surface area contributed by atoms with Crippen LogP contribution in [0.2, 0.25) is 0 Å². The molecule has 3 rings (SSSR count). The summed E-state index contributed by atoms with van der Waals surface area (Å²) in [6.45, 7) is -0.00413. The van der Waals surface area contributed by atoms with Crippen LogP contribution in [0.5, 0.6) is 0 Å². The highest BCUT2D eigenvalue weighted by Gasteiger charge is 2.19. The second kappa shape index (κ2) is 12.6. The number of rotatable bonds is 8. The summed E-state index contributed by atoms with van der Waals surface area (Å²) < 4.78 is 0. The molecule has 0 unspecified atom stereocenters. The highest BCUT2D eigenvalue weighted by atomic mass is 16.5. The number of nitrogens with two attached hydrogens (primary N) is 1. The molecule has 0 aliphatic carbocycles. The van der Waals surface area contributed by atoms with Gasteiger partial charge < -0.3 is 21.7 Å². The standard InChI is InChI=1S/C26H25N5O4/c27-16-23(26(34)31-35)30-25(33)20-12-8-18(9-13-20)6-7-19-10-14-22(15-11-19)29-24(32)17-28-21-4-2-1-3-5-21/h1-5,8-15,23,28,35H,16-17,27H2,(H,29,32)(H,30,33)(H,31,34)/t23-/m0/s1. The number of carbonyl (C=O) groups is 3. The molecule has 178 valence electrons. The molecule has 0 spiro atoms. The van der Waals surface area contributed by atoms with Gasteiger partial charge in [-0.25, -0.2) is 5.48 Å². The maximum absolute atomic E-state index is 12.2. The third kappa shape index (κ3) is 7.71. The van der Waals surface area contributed by atoms with Crippen LogP contribution in [0.3, 0.4) is 0 Å². The van der Waals surface area contributed by atoms with E-state index in [9.17, 15) is 14.4 Å². The smallest absolute Gasteiger partial charge is 0.267 e. The topological polar surface area (TPSA) is 146 Å². The van der Waals surface area contributed by atoms with E-state index in [0.717, 1.165) is 11.3 Å². The van der Waals surface area contributed by atoms with E-state index in [0.29, 0.717) is 16.8 Å². The number of amides is 3. The minimum absolute atomic E-state index is 0.154. The molecule has 9 nitrogen and oxygen atoms in total. The Morgan fingerprint density at radius 2 is 1.43 bits per heavy atom. The number of nitrogens with one attached hydrogen (secondary N) is 4. The molecule has 0 aliphatic rings. The Kier molecular flexibility index (Phi) is 8.96. The Balaban J connectivity index is 1.53. The van der Waals surface area contributed by atoms with E-state index in [1.165, 1.54) is 5.48 Å². The highest BCUT2D eigenvalue weighted by molar-refractivity contribution is 5.97. The third-order valence-corrected chi connectivity index (χ3v) is 4.86. The summed E-state index contributed by atoms with van der Waals surface area (Å²) in [6.07, 6.45) is 0. The van der Waals surface area contributed by atoms with Gasteiger partial charge >= 0.3 is 0 Å². The molecule has 0 radical (unpaired) electrons. The zero-order valence-corrected chi connectivity index (χ0v) is 18.7. The monoisotopic (exact) mass is 471 g/mol. The third-order valence-electron chi connectivity index (χ3n) is 4.86. The number of carbonyl (C=O) groups excluding carboxylic acids is 3. The average molecular weight is 472 g/mol. The molecule has 3 aromatic rings. The number of para-hydroxylation sites is 1. The minimum Gasteiger partial charge on any atom is -0.376 e. The van der Waals surface area contributed by atoms with E-state index >= 15 is 0 Å². The van der Waals surface area contributed by atoms with Crippen LogP contribution < -0.4 is 27.2 Å². The Morgan fingerprint density at radius 3 is 2.00 bits per heavy atom. The van der Waals surface area contributed by atoms with Crippen LogP contribution >= 0.6 is 0 Å². The summed E-state index contributed by atoms with van der Waals surface area (Å²) in [4.78, 5) is 35.8. The maximum Gasteiger partial charge on any atom is 0.267 e. The van der Waals surface area contributed by atoms with Gasteiger partial charge in [0, 0.05) is 34.6 Å². The van der Waals surface area contributed by atoms with E-state index in [2.05, 4.69) is 27.8 Å². The second-order valence-corrected chi connectivity index (χ2v) is 7.41. The molecule has 0 aliphatic heterocycles. The van der Waals surface area contributed by atoms with Crippen molar-refractivity contribution in [3.63, 3.8) is 0 Å². The molecule has 9 heteroatoms. The molecule has 7 N–H and O–H groups in total. The van der Waals surface area contributed by atoms with Gasteiger partial charge in [-0.3, -0.25) is 19.6 Å². The first-order chi connectivity index (χ1) is 17.0. The summed E-state index contributed by atoms with van der Waals surface area (Å²) in [7, 11) is 0. The summed E-state index contributed by atoms with van der Waals surface area (Å²) >= 11 is 0. The van der Waals surface area contributed by atoms with Crippen molar-refractivity contribution in [2.45, 2.75) is 6.04 Å². The first-order valence-electron chi connectivity index (χ1n) is 10.7. The molecule has 0 saturated carbocycles. The van der Waals surface area contributed by atoms with Crippen molar-refractivity contribution in [2.24, 2.45) is 5.73 Å². The normalized spacial score (nSPS) is 10.8. The van der Waals surface area contributed by atoms with E-state index in [1.807, 2.05) is 30.3 Å². The lowest BCUT2D eigenvalue weighted by molar-refractivity contribution is -0.130. The zero-order chi connectivity index (χ0) is 25.0. The minimum atomic E-state index is -1.04. The van der Waals surface area contributed by atoms with Crippen LogP contribution in [-0.4, -0.2) is 42.1 Å². The molecule has 0 bridgehead atoms.